The number of hydrogen-bond acceptors (Lipinski definition) is 7. The van der Waals surface area contributed by atoms with E-state index in [0.29, 0.717) is 22.2 Å². The minimum Gasteiger partial charge on any atom is -0.379 e. The summed E-state index contributed by atoms with van der Waals surface area (Å²) in [6.45, 7) is 8.41. The lowest BCUT2D eigenvalue weighted by atomic mass is 10.3. The molecule has 0 spiro atoms. The fourth-order valence-electron chi connectivity index (χ4n) is 2.82. The molecule has 0 atom stereocenters. The maximum Gasteiger partial charge on any atom is 0.286 e. The van der Waals surface area contributed by atoms with Crippen molar-refractivity contribution in [2.24, 2.45) is 0 Å². The summed E-state index contributed by atoms with van der Waals surface area (Å²) in [6.07, 6.45) is 0.905. The second-order valence-corrected chi connectivity index (χ2v) is 6.92. The molecular formula is C14H22N6O2S2. The fourth-order valence-corrected chi connectivity index (χ4v) is 3.71. The molecule has 1 aromatic heterocycles. The maximum absolute atomic E-state index is 12.7. The minimum absolute atomic E-state index is 0.0719. The molecule has 2 aliphatic heterocycles. The summed E-state index contributed by atoms with van der Waals surface area (Å²) >= 11 is 6.62. The van der Waals surface area contributed by atoms with Gasteiger partial charge in [-0.2, -0.15) is 0 Å². The lowest BCUT2D eigenvalue weighted by Gasteiger charge is -2.31. The minimum atomic E-state index is -0.0719. The van der Waals surface area contributed by atoms with Gasteiger partial charge in [-0.1, -0.05) is 4.49 Å². The number of amides is 1. The molecule has 3 heterocycles. The number of aryl methyl sites for hydroxylation is 1. The number of ether oxygens (including phenoxy) is 1. The second kappa shape index (κ2) is 8.15. The van der Waals surface area contributed by atoms with Gasteiger partial charge in [0.15, 0.2) is 5.11 Å². The van der Waals surface area contributed by atoms with Crippen molar-refractivity contribution in [1.82, 2.24) is 29.8 Å². The van der Waals surface area contributed by atoms with Crippen molar-refractivity contribution in [2.45, 2.75) is 13.3 Å². The van der Waals surface area contributed by atoms with Crippen LogP contribution in [-0.4, -0.2) is 88.0 Å². The van der Waals surface area contributed by atoms with Gasteiger partial charge in [0.05, 0.1) is 18.9 Å². The van der Waals surface area contributed by atoms with Gasteiger partial charge in [0, 0.05) is 39.3 Å². The van der Waals surface area contributed by atoms with Crippen molar-refractivity contribution >= 4 is 34.8 Å². The highest BCUT2D eigenvalue weighted by molar-refractivity contribution is 7.80. The zero-order valence-corrected chi connectivity index (χ0v) is 15.4. The predicted molar refractivity (Wildman–Crippen MR) is 94.9 cm³/mol. The van der Waals surface area contributed by atoms with Crippen LogP contribution in [0.2, 0.25) is 0 Å². The molecule has 2 fully saturated rings. The molecule has 2 aliphatic rings. The van der Waals surface area contributed by atoms with Gasteiger partial charge in [-0.15, -0.1) is 5.10 Å². The molecule has 0 saturated carbocycles. The Balaban J connectivity index is 1.51. The smallest absolute Gasteiger partial charge is 0.286 e. The Hall–Kier alpha value is -1.36. The summed E-state index contributed by atoms with van der Waals surface area (Å²) in [5.41, 5.74) is 0.669. The van der Waals surface area contributed by atoms with Crippen LogP contribution in [0.5, 0.6) is 0 Å². The number of hydrogen-bond donors (Lipinski definition) is 1. The standard InChI is InChI=1S/C14H22N6O2S2/c1-11-12(24-17-16-11)13(21)19-4-2-5-20(19)14(23)15-3-6-18-7-9-22-10-8-18/h2-10H2,1H3,(H,15,23). The highest BCUT2D eigenvalue weighted by atomic mass is 32.1. The van der Waals surface area contributed by atoms with Crippen LogP contribution in [0, 0.1) is 6.92 Å². The number of thiocarbonyl (C=S) groups is 1. The van der Waals surface area contributed by atoms with Crippen LogP contribution in [0.1, 0.15) is 21.8 Å². The number of nitrogens with zero attached hydrogens (tertiary/aromatic N) is 5. The van der Waals surface area contributed by atoms with Gasteiger partial charge >= 0.3 is 0 Å². The Morgan fingerprint density at radius 2 is 2.04 bits per heavy atom. The van der Waals surface area contributed by atoms with Crippen LogP contribution >= 0.6 is 23.8 Å². The summed E-state index contributed by atoms with van der Waals surface area (Å²) in [5.74, 6) is -0.0719. The average molecular weight is 371 g/mol. The fraction of sp³-hybridized carbons (Fsp3) is 0.714. The van der Waals surface area contributed by atoms with E-state index in [-0.39, 0.29) is 5.91 Å². The zero-order chi connectivity index (χ0) is 16.9. The molecule has 0 aliphatic carbocycles. The van der Waals surface area contributed by atoms with Crippen molar-refractivity contribution < 1.29 is 9.53 Å². The molecule has 10 heteroatoms. The molecular weight excluding hydrogens is 348 g/mol. The zero-order valence-electron chi connectivity index (χ0n) is 13.7. The Morgan fingerprint density at radius 1 is 1.29 bits per heavy atom. The molecule has 0 bridgehead atoms. The quantitative estimate of drug-likeness (QED) is 0.749. The molecule has 0 radical (unpaired) electrons. The summed E-state index contributed by atoms with van der Waals surface area (Å²) in [5, 5.41) is 11.3. The summed E-state index contributed by atoms with van der Waals surface area (Å²) < 4.78 is 9.19. The Kier molecular flexibility index (Phi) is 5.93. The van der Waals surface area contributed by atoms with Gasteiger partial charge in [-0.25, -0.2) is 5.01 Å². The van der Waals surface area contributed by atoms with Gasteiger partial charge in [0.2, 0.25) is 0 Å². The number of hydrazine groups is 1. The van der Waals surface area contributed by atoms with Gasteiger partial charge < -0.3 is 10.1 Å². The maximum atomic E-state index is 12.7. The number of nitrogens with one attached hydrogen (secondary N) is 1. The van der Waals surface area contributed by atoms with E-state index in [1.165, 1.54) is 0 Å². The SMILES string of the molecule is Cc1nnsc1C(=O)N1CCCN1C(=S)NCCN1CCOCC1. The molecule has 3 rings (SSSR count). The third-order valence-electron chi connectivity index (χ3n) is 4.15. The molecule has 2 saturated heterocycles. The van der Waals surface area contributed by atoms with Gasteiger partial charge in [-0.3, -0.25) is 14.7 Å². The van der Waals surface area contributed by atoms with Gasteiger partial charge in [0.25, 0.3) is 5.91 Å². The molecule has 8 nitrogen and oxygen atoms in total. The van der Waals surface area contributed by atoms with Crippen molar-refractivity contribution in [1.29, 1.82) is 0 Å². The van der Waals surface area contributed by atoms with Crippen molar-refractivity contribution in [2.75, 3.05) is 52.5 Å². The van der Waals surface area contributed by atoms with E-state index in [2.05, 4.69) is 19.8 Å². The first-order valence-electron chi connectivity index (χ1n) is 8.13. The summed E-state index contributed by atoms with van der Waals surface area (Å²) in [7, 11) is 0. The van der Waals surface area contributed by atoms with Crippen LogP contribution in [0.25, 0.3) is 0 Å². The number of aromatic nitrogens is 2. The normalized spacial score (nSPS) is 18.9. The lowest BCUT2D eigenvalue weighted by molar-refractivity contribution is 0.0382. The van der Waals surface area contributed by atoms with Crippen LogP contribution < -0.4 is 5.32 Å². The van der Waals surface area contributed by atoms with Gasteiger partial charge in [-0.05, 0) is 37.1 Å². The Bertz CT molecular complexity index is 590. The van der Waals surface area contributed by atoms with Crippen LogP contribution in [0.4, 0.5) is 0 Å². The molecule has 1 N–H and O–H groups in total. The molecule has 0 unspecified atom stereocenters. The highest BCUT2D eigenvalue weighted by Crippen LogP contribution is 2.18. The van der Waals surface area contributed by atoms with Crippen molar-refractivity contribution in [3.63, 3.8) is 0 Å². The van der Waals surface area contributed by atoms with Crippen molar-refractivity contribution in [3.8, 4) is 0 Å². The van der Waals surface area contributed by atoms with E-state index in [1.807, 2.05) is 5.01 Å². The van der Waals surface area contributed by atoms with Crippen LogP contribution in [-0.2, 0) is 4.74 Å². The van der Waals surface area contributed by atoms with E-state index < -0.39 is 0 Å². The Labute approximate surface area is 150 Å². The van der Waals surface area contributed by atoms with E-state index in [9.17, 15) is 4.79 Å². The first kappa shape index (κ1) is 17.5. The summed E-state index contributed by atoms with van der Waals surface area (Å²) in [4.78, 5) is 15.6. The largest absolute Gasteiger partial charge is 0.379 e. The molecule has 24 heavy (non-hydrogen) atoms. The van der Waals surface area contributed by atoms with E-state index in [0.717, 1.165) is 63.9 Å². The van der Waals surface area contributed by atoms with Crippen molar-refractivity contribution in [3.05, 3.63) is 10.6 Å². The van der Waals surface area contributed by atoms with Crippen LogP contribution in [0.15, 0.2) is 0 Å². The molecule has 1 amide bonds. The Morgan fingerprint density at radius 3 is 2.75 bits per heavy atom. The van der Waals surface area contributed by atoms with Gasteiger partial charge in [0.1, 0.15) is 4.88 Å². The first-order chi connectivity index (χ1) is 11.7. The summed E-state index contributed by atoms with van der Waals surface area (Å²) in [6, 6.07) is 0. The number of carbonyl (C=O) groups is 1. The monoisotopic (exact) mass is 370 g/mol. The molecule has 132 valence electrons. The van der Waals surface area contributed by atoms with Crippen LogP contribution in [0.3, 0.4) is 0 Å². The highest BCUT2D eigenvalue weighted by Gasteiger charge is 2.31. The van der Waals surface area contributed by atoms with E-state index in [1.54, 1.807) is 11.9 Å². The number of carbonyl (C=O) groups excluding carboxylic acids is 1. The third kappa shape index (κ3) is 4.00. The number of morpholine rings is 1. The number of rotatable bonds is 4. The molecule has 0 aromatic carbocycles. The van der Waals surface area contributed by atoms with E-state index in [4.69, 9.17) is 17.0 Å². The third-order valence-corrected chi connectivity index (χ3v) is 5.32. The topological polar surface area (TPSA) is 73.8 Å². The predicted octanol–water partition coefficient (Wildman–Crippen LogP) is 0.116. The second-order valence-electron chi connectivity index (χ2n) is 5.78. The lowest BCUT2D eigenvalue weighted by Crippen LogP contribution is -2.50. The van der Waals surface area contributed by atoms with E-state index >= 15 is 0 Å². The first-order valence-corrected chi connectivity index (χ1v) is 9.31. The molecule has 1 aromatic rings. The average Bonchev–Trinajstić information content (AvgIpc) is 3.24.